The summed E-state index contributed by atoms with van der Waals surface area (Å²) in [7, 11) is -3.70. The Labute approximate surface area is 133 Å². The molecule has 0 spiro atoms. The third kappa shape index (κ3) is 3.99. The van der Waals surface area contributed by atoms with Crippen molar-refractivity contribution >= 4 is 33.3 Å². The molecule has 116 valence electrons. The summed E-state index contributed by atoms with van der Waals surface area (Å²) in [5.74, 6) is -1.41. The lowest BCUT2D eigenvalue weighted by Gasteiger charge is -2.12. The summed E-state index contributed by atoms with van der Waals surface area (Å²) in [6.45, 7) is 1.69. The van der Waals surface area contributed by atoms with Gasteiger partial charge in [0.2, 0.25) is 10.0 Å². The summed E-state index contributed by atoms with van der Waals surface area (Å²) in [5.41, 5.74) is 1.37. The maximum atomic E-state index is 12.2. The minimum Gasteiger partial charge on any atom is -0.478 e. The topological polar surface area (TPSA) is 83.5 Å². The van der Waals surface area contributed by atoms with Crippen molar-refractivity contribution in [1.29, 1.82) is 0 Å². The number of aromatic carboxylic acids is 1. The molecule has 2 aromatic carbocycles. The van der Waals surface area contributed by atoms with E-state index < -0.39 is 16.0 Å². The summed E-state index contributed by atoms with van der Waals surface area (Å²) in [6.07, 6.45) is 0. The lowest BCUT2D eigenvalue weighted by Crippen LogP contribution is -2.16. The Hall–Kier alpha value is -2.05. The quantitative estimate of drug-likeness (QED) is 0.875. The predicted octanol–water partition coefficient (Wildman–Crippen LogP) is 3.29. The van der Waals surface area contributed by atoms with Crippen molar-refractivity contribution in [2.75, 3.05) is 4.72 Å². The molecule has 2 aromatic rings. The Balaban J connectivity index is 2.27. The number of rotatable bonds is 5. The van der Waals surface area contributed by atoms with E-state index in [1.54, 1.807) is 37.3 Å². The Kier molecular flexibility index (Phi) is 4.73. The molecule has 0 fully saturated rings. The van der Waals surface area contributed by atoms with Crippen LogP contribution in [0.25, 0.3) is 0 Å². The average Bonchev–Trinajstić information content (AvgIpc) is 2.43. The lowest BCUT2D eigenvalue weighted by atomic mass is 10.1. The molecular formula is C15H14ClNO4S. The molecule has 0 aliphatic carbocycles. The SMILES string of the molecule is Cc1ccc(C(=O)O)cc1NS(=O)(=O)Cc1ccccc1Cl. The van der Waals surface area contributed by atoms with E-state index in [9.17, 15) is 13.2 Å². The molecule has 0 amide bonds. The van der Waals surface area contributed by atoms with E-state index in [2.05, 4.69) is 4.72 Å². The number of carbonyl (C=O) groups is 1. The fourth-order valence-electron chi connectivity index (χ4n) is 1.89. The first kappa shape index (κ1) is 16.3. The van der Waals surface area contributed by atoms with E-state index in [1.165, 1.54) is 12.1 Å². The second-order valence-electron chi connectivity index (χ2n) is 4.79. The minimum absolute atomic E-state index is 0.0149. The number of aryl methyl sites for hydroxylation is 1. The Bertz CT molecular complexity index is 818. The van der Waals surface area contributed by atoms with Gasteiger partial charge in [0.1, 0.15) is 0 Å². The molecule has 0 bridgehead atoms. The van der Waals surface area contributed by atoms with E-state index in [4.69, 9.17) is 16.7 Å². The van der Waals surface area contributed by atoms with Crippen LogP contribution in [0.5, 0.6) is 0 Å². The van der Waals surface area contributed by atoms with Gasteiger partial charge in [0.25, 0.3) is 0 Å². The van der Waals surface area contributed by atoms with Crippen LogP contribution in [-0.4, -0.2) is 19.5 Å². The van der Waals surface area contributed by atoms with Crippen molar-refractivity contribution in [2.24, 2.45) is 0 Å². The maximum Gasteiger partial charge on any atom is 0.335 e. The molecule has 0 atom stereocenters. The van der Waals surface area contributed by atoms with Crippen LogP contribution in [0.15, 0.2) is 42.5 Å². The maximum absolute atomic E-state index is 12.2. The van der Waals surface area contributed by atoms with Gasteiger partial charge in [-0.2, -0.15) is 0 Å². The highest BCUT2D eigenvalue weighted by molar-refractivity contribution is 7.91. The van der Waals surface area contributed by atoms with Crippen LogP contribution in [0.2, 0.25) is 5.02 Å². The highest BCUT2D eigenvalue weighted by atomic mass is 35.5. The van der Waals surface area contributed by atoms with Crippen LogP contribution in [0, 0.1) is 6.92 Å². The van der Waals surface area contributed by atoms with Gasteiger partial charge in [-0.3, -0.25) is 4.72 Å². The minimum atomic E-state index is -3.70. The van der Waals surface area contributed by atoms with Gasteiger partial charge in [0, 0.05) is 5.02 Å². The molecule has 0 unspecified atom stereocenters. The van der Waals surface area contributed by atoms with Gasteiger partial charge >= 0.3 is 5.97 Å². The molecular weight excluding hydrogens is 326 g/mol. The largest absolute Gasteiger partial charge is 0.478 e. The monoisotopic (exact) mass is 339 g/mol. The van der Waals surface area contributed by atoms with Crippen LogP contribution < -0.4 is 4.72 Å². The van der Waals surface area contributed by atoms with Crippen molar-refractivity contribution in [1.82, 2.24) is 0 Å². The molecule has 0 aliphatic heterocycles. The number of halogens is 1. The zero-order valence-electron chi connectivity index (χ0n) is 11.7. The fourth-order valence-corrected chi connectivity index (χ4v) is 3.46. The second kappa shape index (κ2) is 6.37. The normalized spacial score (nSPS) is 11.2. The Morgan fingerprint density at radius 3 is 2.55 bits per heavy atom. The molecule has 0 saturated carbocycles. The van der Waals surface area contributed by atoms with Crippen LogP contribution in [0.1, 0.15) is 21.5 Å². The number of carboxylic acids is 1. The highest BCUT2D eigenvalue weighted by Gasteiger charge is 2.16. The van der Waals surface area contributed by atoms with E-state index in [1.807, 2.05) is 0 Å². The van der Waals surface area contributed by atoms with Gasteiger partial charge < -0.3 is 5.11 Å². The fraction of sp³-hybridized carbons (Fsp3) is 0.133. The zero-order valence-corrected chi connectivity index (χ0v) is 13.3. The van der Waals surface area contributed by atoms with Gasteiger partial charge in [0.15, 0.2) is 0 Å². The first-order valence-corrected chi connectivity index (χ1v) is 8.39. The first-order chi connectivity index (χ1) is 10.3. The summed E-state index contributed by atoms with van der Waals surface area (Å²) in [4.78, 5) is 11.0. The van der Waals surface area contributed by atoms with Crippen molar-refractivity contribution in [2.45, 2.75) is 12.7 Å². The number of nitrogens with one attached hydrogen (secondary N) is 1. The number of carboxylic acid groups (broad SMARTS) is 1. The number of hydrogen-bond acceptors (Lipinski definition) is 3. The third-order valence-electron chi connectivity index (χ3n) is 3.05. The molecule has 22 heavy (non-hydrogen) atoms. The Morgan fingerprint density at radius 1 is 1.23 bits per heavy atom. The average molecular weight is 340 g/mol. The van der Waals surface area contributed by atoms with E-state index in [0.717, 1.165) is 0 Å². The van der Waals surface area contributed by atoms with E-state index in [-0.39, 0.29) is 17.0 Å². The summed E-state index contributed by atoms with van der Waals surface area (Å²) in [6, 6.07) is 10.9. The summed E-state index contributed by atoms with van der Waals surface area (Å²) in [5, 5.41) is 9.34. The molecule has 0 aliphatic rings. The standard InChI is InChI=1S/C15H14ClNO4S/c1-10-6-7-11(15(18)19)8-14(10)17-22(20,21)9-12-4-2-3-5-13(12)16/h2-8,17H,9H2,1H3,(H,18,19). The van der Waals surface area contributed by atoms with E-state index >= 15 is 0 Å². The van der Waals surface area contributed by atoms with Gasteiger partial charge in [-0.05, 0) is 36.2 Å². The lowest BCUT2D eigenvalue weighted by molar-refractivity contribution is 0.0697. The van der Waals surface area contributed by atoms with Gasteiger partial charge in [-0.1, -0.05) is 35.9 Å². The summed E-state index contributed by atoms with van der Waals surface area (Å²) >= 11 is 5.96. The van der Waals surface area contributed by atoms with Crippen molar-refractivity contribution in [3.63, 3.8) is 0 Å². The van der Waals surface area contributed by atoms with Crippen molar-refractivity contribution in [3.8, 4) is 0 Å². The molecule has 0 saturated heterocycles. The smallest absolute Gasteiger partial charge is 0.335 e. The van der Waals surface area contributed by atoms with Crippen LogP contribution in [-0.2, 0) is 15.8 Å². The molecule has 2 rings (SSSR count). The number of sulfonamides is 1. The van der Waals surface area contributed by atoms with E-state index in [0.29, 0.717) is 16.1 Å². The number of anilines is 1. The first-order valence-electron chi connectivity index (χ1n) is 6.36. The van der Waals surface area contributed by atoms with Crippen molar-refractivity contribution in [3.05, 3.63) is 64.2 Å². The van der Waals surface area contributed by atoms with Gasteiger partial charge in [-0.15, -0.1) is 0 Å². The molecule has 0 aromatic heterocycles. The van der Waals surface area contributed by atoms with Crippen LogP contribution >= 0.6 is 11.6 Å². The number of hydrogen-bond donors (Lipinski definition) is 2. The van der Waals surface area contributed by atoms with Crippen LogP contribution in [0.4, 0.5) is 5.69 Å². The molecule has 7 heteroatoms. The predicted molar refractivity (Wildman–Crippen MR) is 85.8 cm³/mol. The van der Waals surface area contributed by atoms with Gasteiger partial charge in [-0.25, -0.2) is 13.2 Å². The molecule has 2 N–H and O–H groups in total. The van der Waals surface area contributed by atoms with Gasteiger partial charge in [0.05, 0.1) is 17.0 Å². The second-order valence-corrected chi connectivity index (χ2v) is 6.92. The zero-order chi connectivity index (χ0) is 16.3. The third-order valence-corrected chi connectivity index (χ3v) is 4.64. The summed E-state index contributed by atoms with van der Waals surface area (Å²) < 4.78 is 26.9. The molecule has 0 heterocycles. The molecule has 0 radical (unpaired) electrons. The van der Waals surface area contributed by atoms with Crippen LogP contribution in [0.3, 0.4) is 0 Å². The highest BCUT2D eigenvalue weighted by Crippen LogP contribution is 2.22. The number of benzene rings is 2. The molecule has 5 nitrogen and oxygen atoms in total. The van der Waals surface area contributed by atoms with Crippen molar-refractivity contribution < 1.29 is 18.3 Å². The Morgan fingerprint density at radius 2 is 1.91 bits per heavy atom.